The fourth-order valence-corrected chi connectivity index (χ4v) is 1.60. The van der Waals surface area contributed by atoms with Crippen molar-refractivity contribution in [1.29, 1.82) is 0 Å². The molecule has 0 saturated heterocycles. The quantitative estimate of drug-likeness (QED) is 0.769. The summed E-state index contributed by atoms with van der Waals surface area (Å²) < 4.78 is 10.4. The third-order valence-electron chi connectivity index (χ3n) is 2.51. The van der Waals surface area contributed by atoms with Gasteiger partial charge in [-0.15, -0.1) is 0 Å². The van der Waals surface area contributed by atoms with Gasteiger partial charge in [-0.25, -0.2) is 0 Å². The van der Waals surface area contributed by atoms with E-state index in [4.69, 9.17) is 20.3 Å². The standard InChI is InChI=1S/C12H19NO3/c1-15-9-5-6-12(16-2)10(8-9)11(13)4-3-7-14/h5-6,8,11,14H,3-4,7,13H2,1-2H3/t11-/m0/s1. The third-order valence-corrected chi connectivity index (χ3v) is 2.51. The molecule has 0 unspecified atom stereocenters. The van der Waals surface area contributed by atoms with Gasteiger partial charge in [0, 0.05) is 18.2 Å². The molecular formula is C12H19NO3. The predicted octanol–water partition coefficient (Wildman–Crippen LogP) is 1.48. The summed E-state index contributed by atoms with van der Waals surface area (Å²) in [5.74, 6) is 1.52. The SMILES string of the molecule is COc1ccc(OC)c([C@@H](N)CCCO)c1. The summed E-state index contributed by atoms with van der Waals surface area (Å²) in [5.41, 5.74) is 6.95. The van der Waals surface area contributed by atoms with Crippen molar-refractivity contribution < 1.29 is 14.6 Å². The van der Waals surface area contributed by atoms with E-state index < -0.39 is 0 Å². The Morgan fingerprint density at radius 2 is 2.06 bits per heavy atom. The average Bonchev–Trinajstić information content (AvgIpc) is 2.35. The average molecular weight is 225 g/mol. The summed E-state index contributed by atoms with van der Waals surface area (Å²) in [5, 5.41) is 8.78. The number of benzene rings is 1. The Labute approximate surface area is 96.0 Å². The fourth-order valence-electron chi connectivity index (χ4n) is 1.60. The molecule has 0 saturated carbocycles. The van der Waals surface area contributed by atoms with E-state index in [2.05, 4.69) is 0 Å². The molecule has 0 aromatic heterocycles. The minimum Gasteiger partial charge on any atom is -0.497 e. The smallest absolute Gasteiger partial charge is 0.123 e. The second kappa shape index (κ2) is 6.35. The number of aliphatic hydroxyl groups is 1. The van der Waals surface area contributed by atoms with Gasteiger partial charge in [-0.05, 0) is 31.0 Å². The van der Waals surface area contributed by atoms with E-state index in [0.29, 0.717) is 6.42 Å². The zero-order valence-electron chi connectivity index (χ0n) is 9.77. The Kier molecular flexibility index (Phi) is 5.08. The minimum absolute atomic E-state index is 0.141. The van der Waals surface area contributed by atoms with Crippen molar-refractivity contribution in [2.45, 2.75) is 18.9 Å². The summed E-state index contributed by atoms with van der Waals surface area (Å²) in [6.45, 7) is 0.153. The number of hydrogen-bond donors (Lipinski definition) is 2. The van der Waals surface area contributed by atoms with Gasteiger partial charge in [-0.3, -0.25) is 0 Å². The topological polar surface area (TPSA) is 64.7 Å². The van der Waals surface area contributed by atoms with Crippen LogP contribution < -0.4 is 15.2 Å². The van der Waals surface area contributed by atoms with Crippen LogP contribution in [0.4, 0.5) is 0 Å². The summed E-state index contributed by atoms with van der Waals surface area (Å²) in [6, 6.07) is 5.41. The normalized spacial score (nSPS) is 12.2. The van der Waals surface area contributed by atoms with Crippen LogP contribution in [0.3, 0.4) is 0 Å². The van der Waals surface area contributed by atoms with Gasteiger partial charge < -0.3 is 20.3 Å². The van der Waals surface area contributed by atoms with Gasteiger partial charge in [0.1, 0.15) is 11.5 Å². The van der Waals surface area contributed by atoms with Gasteiger partial charge in [0.05, 0.1) is 14.2 Å². The van der Waals surface area contributed by atoms with E-state index >= 15 is 0 Å². The maximum atomic E-state index is 8.78. The summed E-state index contributed by atoms with van der Waals surface area (Å²) in [4.78, 5) is 0. The van der Waals surface area contributed by atoms with Crippen LogP contribution in [0.15, 0.2) is 18.2 Å². The van der Waals surface area contributed by atoms with E-state index in [-0.39, 0.29) is 12.6 Å². The lowest BCUT2D eigenvalue weighted by Crippen LogP contribution is -2.12. The summed E-state index contributed by atoms with van der Waals surface area (Å²) >= 11 is 0. The second-order valence-corrected chi connectivity index (χ2v) is 3.58. The molecule has 0 heterocycles. The molecule has 4 nitrogen and oxygen atoms in total. The van der Waals surface area contributed by atoms with Crippen molar-refractivity contribution in [3.8, 4) is 11.5 Å². The van der Waals surface area contributed by atoms with Crippen molar-refractivity contribution >= 4 is 0 Å². The van der Waals surface area contributed by atoms with Crippen molar-refractivity contribution in [3.05, 3.63) is 23.8 Å². The van der Waals surface area contributed by atoms with Crippen molar-refractivity contribution in [3.63, 3.8) is 0 Å². The molecule has 0 aliphatic heterocycles. The molecule has 1 aromatic carbocycles. The molecule has 1 rings (SSSR count). The van der Waals surface area contributed by atoms with Gasteiger partial charge in [0.2, 0.25) is 0 Å². The van der Waals surface area contributed by atoms with Crippen molar-refractivity contribution in [2.75, 3.05) is 20.8 Å². The lowest BCUT2D eigenvalue weighted by atomic mass is 10.0. The van der Waals surface area contributed by atoms with E-state index in [9.17, 15) is 0 Å². The van der Waals surface area contributed by atoms with Gasteiger partial charge in [0.15, 0.2) is 0 Å². The van der Waals surface area contributed by atoms with Crippen LogP contribution in [-0.4, -0.2) is 25.9 Å². The van der Waals surface area contributed by atoms with E-state index in [0.717, 1.165) is 23.5 Å². The number of rotatable bonds is 6. The third kappa shape index (κ3) is 3.12. The second-order valence-electron chi connectivity index (χ2n) is 3.58. The van der Waals surface area contributed by atoms with Gasteiger partial charge in [0.25, 0.3) is 0 Å². The molecule has 0 amide bonds. The van der Waals surface area contributed by atoms with E-state index in [1.54, 1.807) is 14.2 Å². The van der Waals surface area contributed by atoms with E-state index in [1.165, 1.54) is 0 Å². The van der Waals surface area contributed by atoms with Crippen LogP contribution in [0.25, 0.3) is 0 Å². The monoisotopic (exact) mass is 225 g/mol. The minimum atomic E-state index is -0.141. The van der Waals surface area contributed by atoms with Crippen LogP contribution in [0.1, 0.15) is 24.4 Å². The van der Waals surface area contributed by atoms with Gasteiger partial charge >= 0.3 is 0 Å². The highest BCUT2D eigenvalue weighted by Crippen LogP contribution is 2.30. The Morgan fingerprint density at radius 1 is 1.31 bits per heavy atom. The maximum absolute atomic E-state index is 8.78. The summed E-state index contributed by atoms with van der Waals surface area (Å²) in [7, 11) is 3.23. The first-order valence-corrected chi connectivity index (χ1v) is 5.31. The molecule has 4 heteroatoms. The number of ether oxygens (including phenoxy) is 2. The van der Waals surface area contributed by atoms with E-state index in [1.807, 2.05) is 18.2 Å². The van der Waals surface area contributed by atoms with Crippen LogP contribution in [0.5, 0.6) is 11.5 Å². The molecule has 90 valence electrons. The fraction of sp³-hybridized carbons (Fsp3) is 0.500. The molecular weight excluding hydrogens is 206 g/mol. The lowest BCUT2D eigenvalue weighted by Gasteiger charge is -2.16. The zero-order valence-corrected chi connectivity index (χ0v) is 9.77. The first kappa shape index (κ1) is 12.8. The molecule has 0 spiro atoms. The molecule has 0 aliphatic carbocycles. The summed E-state index contributed by atoms with van der Waals surface area (Å²) in [6.07, 6.45) is 1.40. The van der Waals surface area contributed by atoms with Crippen molar-refractivity contribution in [1.82, 2.24) is 0 Å². The molecule has 0 aliphatic rings. The highest BCUT2D eigenvalue weighted by molar-refractivity contribution is 5.42. The largest absolute Gasteiger partial charge is 0.497 e. The van der Waals surface area contributed by atoms with Crippen LogP contribution in [0, 0.1) is 0 Å². The van der Waals surface area contributed by atoms with Crippen LogP contribution in [-0.2, 0) is 0 Å². The van der Waals surface area contributed by atoms with Gasteiger partial charge in [-0.2, -0.15) is 0 Å². The molecule has 0 bridgehead atoms. The predicted molar refractivity (Wildman–Crippen MR) is 62.8 cm³/mol. The number of nitrogens with two attached hydrogens (primary N) is 1. The number of aliphatic hydroxyl groups excluding tert-OH is 1. The molecule has 16 heavy (non-hydrogen) atoms. The molecule has 1 aromatic rings. The lowest BCUT2D eigenvalue weighted by molar-refractivity contribution is 0.279. The Hall–Kier alpha value is -1.26. The number of hydrogen-bond acceptors (Lipinski definition) is 4. The molecule has 3 N–H and O–H groups in total. The van der Waals surface area contributed by atoms with Crippen LogP contribution >= 0.6 is 0 Å². The molecule has 0 radical (unpaired) electrons. The first-order chi connectivity index (χ1) is 7.72. The molecule has 0 fully saturated rings. The number of methoxy groups -OCH3 is 2. The van der Waals surface area contributed by atoms with Crippen molar-refractivity contribution in [2.24, 2.45) is 5.73 Å². The van der Waals surface area contributed by atoms with Crippen LogP contribution in [0.2, 0.25) is 0 Å². The highest BCUT2D eigenvalue weighted by Gasteiger charge is 2.12. The first-order valence-electron chi connectivity index (χ1n) is 5.31. The Balaban J connectivity index is 2.89. The molecule has 1 atom stereocenters. The zero-order chi connectivity index (χ0) is 12.0. The Bertz CT molecular complexity index is 328. The maximum Gasteiger partial charge on any atom is 0.123 e. The highest BCUT2D eigenvalue weighted by atomic mass is 16.5. The van der Waals surface area contributed by atoms with Gasteiger partial charge in [-0.1, -0.05) is 0 Å². The Morgan fingerprint density at radius 3 is 2.62 bits per heavy atom.